The highest BCUT2D eigenvalue weighted by Crippen LogP contribution is 2.17. The van der Waals surface area contributed by atoms with E-state index in [1.165, 1.54) is 10.6 Å². The van der Waals surface area contributed by atoms with Gasteiger partial charge in [0.15, 0.2) is 0 Å². The molecule has 0 atom stereocenters. The molecule has 1 aromatic heterocycles. The zero-order chi connectivity index (χ0) is 14.8. The van der Waals surface area contributed by atoms with Crippen LogP contribution in [0.2, 0.25) is 5.28 Å². The van der Waals surface area contributed by atoms with Gasteiger partial charge in [0.05, 0.1) is 12.9 Å². The number of nitrogens with zero attached hydrogens (tertiary/aromatic N) is 5. The molecule has 2 rings (SSSR count). The number of piperazine rings is 1. The fourth-order valence-corrected chi connectivity index (χ4v) is 2.85. The Balaban J connectivity index is 2.10. The third-order valence-corrected chi connectivity index (χ3v) is 4.31. The van der Waals surface area contributed by atoms with E-state index in [1.807, 2.05) is 11.8 Å². The largest absolute Gasteiger partial charge is 0.464 e. The first-order valence-corrected chi connectivity index (χ1v) is 8.37. The molecule has 1 saturated heterocycles. The number of hydrogen-bond acceptors (Lipinski definition) is 7. The lowest BCUT2D eigenvalue weighted by molar-refractivity contribution is 0.310. The number of rotatable bonds is 4. The maximum atomic E-state index is 11.4. The molecular weight excluding hydrogens is 306 g/mol. The highest BCUT2D eigenvalue weighted by Gasteiger charge is 2.25. The smallest absolute Gasteiger partial charge is 0.322 e. The van der Waals surface area contributed by atoms with Gasteiger partial charge in [-0.15, -0.1) is 0 Å². The van der Waals surface area contributed by atoms with Crippen molar-refractivity contribution >= 4 is 27.6 Å². The molecule has 0 N–H and O–H groups in total. The third kappa shape index (κ3) is 3.68. The van der Waals surface area contributed by atoms with Gasteiger partial charge in [-0.05, 0) is 18.5 Å². The number of aromatic nitrogens is 3. The molecule has 1 aliphatic rings. The number of halogens is 1. The van der Waals surface area contributed by atoms with Crippen molar-refractivity contribution in [2.75, 3.05) is 43.9 Å². The van der Waals surface area contributed by atoms with Gasteiger partial charge in [0.25, 0.3) is 0 Å². The molecule has 20 heavy (non-hydrogen) atoms. The second kappa shape index (κ2) is 6.06. The van der Waals surface area contributed by atoms with Crippen LogP contribution in [0.3, 0.4) is 0 Å². The van der Waals surface area contributed by atoms with E-state index in [-0.39, 0.29) is 11.3 Å². The quantitative estimate of drug-likeness (QED) is 0.771. The molecule has 0 unspecified atom stereocenters. The molecule has 0 spiro atoms. The van der Waals surface area contributed by atoms with E-state index >= 15 is 0 Å². The summed E-state index contributed by atoms with van der Waals surface area (Å²) in [6.45, 7) is 4.04. The van der Waals surface area contributed by atoms with Gasteiger partial charge >= 0.3 is 6.01 Å². The predicted octanol–water partition coefficient (Wildman–Crippen LogP) is 0.00530. The normalized spacial score (nSPS) is 17.2. The minimum absolute atomic E-state index is 0.0593. The number of anilines is 1. The first kappa shape index (κ1) is 15.2. The van der Waals surface area contributed by atoms with Crippen LogP contribution < -0.4 is 9.64 Å². The summed E-state index contributed by atoms with van der Waals surface area (Å²) in [6, 6.07) is 0.174. The molecule has 0 saturated carbocycles. The zero-order valence-corrected chi connectivity index (χ0v) is 12.9. The molecule has 112 valence electrons. The molecule has 1 aromatic rings. The Hall–Kier alpha value is -1.19. The first-order chi connectivity index (χ1) is 9.40. The van der Waals surface area contributed by atoms with Crippen LogP contribution >= 0.6 is 11.6 Å². The third-order valence-electron chi connectivity index (χ3n) is 2.84. The first-order valence-electron chi connectivity index (χ1n) is 6.14. The van der Waals surface area contributed by atoms with Crippen molar-refractivity contribution in [2.24, 2.45) is 0 Å². The van der Waals surface area contributed by atoms with E-state index in [9.17, 15) is 8.42 Å². The molecule has 0 aromatic carbocycles. The highest BCUT2D eigenvalue weighted by atomic mass is 35.5. The van der Waals surface area contributed by atoms with E-state index in [4.69, 9.17) is 16.3 Å². The molecule has 0 bridgehead atoms. The molecule has 1 aliphatic heterocycles. The summed E-state index contributed by atoms with van der Waals surface area (Å²) < 4.78 is 29.5. The van der Waals surface area contributed by atoms with Gasteiger partial charge in [-0.1, -0.05) is 0 Å². The van der Waals surface area contributed by atoms with Crippen molar-refractivity contribution in [3.05, 3.63) is 5.28 Å². The highest BCUT2D eigenvalue weighted by molar-refractivity contribution is 7.88. The predicted molar refractivity (Wildman–Crippen MR) is 74.6 cm³/mol. The van der Waals surface area contributed by atoms with Crippen LogP contribution in [0, 0.1) is 0 Å². The summed E-state index contributed by atoms with van der Waals surface area (Å²) in [7, 11) is -3.15. The van der Waals surface area contributed by atoms with Crippen LogP contribution in [0.1, 0.15) is 6.92 Å². The van der Waals surface area contributed by atoms with Crippen LogP contribution in [0.4, 0.5) is 5.95 Å². The van der Waals surface area contributed by atoms with E-state index in [0.29, 0.717) is 38.7 Å². The summed E-state index contributed by atoms with van der Waals surface area (Å²) in [4.78, 5) is 13.9. The van der Waals surface area contributed by atoms with Gasteiger partial charge in [-0.2, -0.15) is 19.3 Å². The minimum Gasteiger partial charge on any atom is -0.464 e. The number of ether oxygens (including phenoxy) is 1. The molecule has 8 nitrogen and oxygen atoms in total. The Bertz CT molecular complexity index is 574. The molecule has 1 fully saturated rings. The van der Waals surface area contributed by atoms with Crippen molar-refractivity contribution in [1.29, 1.82) is 0 Å². The lowest BCUT2D eigenvalue weighted by atomic mass is 10.4. The van der Waals surface area contributed by atoms with Crippen LogP contribution in [0.15, 0.2) is 0 Å². The SMILES string of the molecule is CCOc1nc(Cl)nc(N2CCN(S(C)(=O)=O)CC2)n1. The van der Waals surface area contributed by atoms with Crippen molar-refractivity contribution < 1.29 is 13.2 Å². The van der Waals surface area contributed by atoms with E-state index in [2.05, 4.69) is 15.0 Å². The van der Waals surface area contributed by atoms with Gasteiger partial charge < -0.3 is 9.64 Å². The Morgan fingerprint density at radius 2 is 1.85 bits per heavy atom. The van der Waals surface area contributed by atoms with Crippen molar-refractivity contribution in [1.82, 2.24) is 19.3 Å². The minimum atomic E-state index is -3.15. The summed E-state index contributed by atoms with van der Waals surface area (Å²) >= 11 is 5.83. The Labute approximate surface area is 122 Å². The lowest BCUT2D eigenvalue weighted by Gasteiger charge is -2.33. The Morgan fingerprint density at radius 1 is 1.20 bits per heavy atom. The summed E-state index contributed by atoms with van der Waals surface area (Å²) in [6.07, 6.45) is 1.20. The molecular formula is C10H16ClN5O3S. The zero-order valence-electron chi connectivity index (χ0n) is 11.3. The summed E-state index contributed by atoms with van der Waals surface area (Å²) in [5.41, 5.74) is 0. The Kier molecular flexibility index (Phi) is 4.61. The fraction of sp³-hybridized carbons (Fsp3) is 0.700. The van der Waals surface area contributed by atoms with Gasteiger partial charge in [-0.3, -0.25) is 0 Å². The van der Waals surface area contributed by atoms with E-state index in [1.54, 1.807) is 0 Å². The van der Waals surface area contributed by atoms with Gasteiger partial charge in [0.1, 0.15) is 0 Å². The molecule has 0 radical (unpaired) electrons. The van der Waals surface area contributed by atoms with Crippen molar-refractivity contribution in [3.8, 4) is 6.01 Å². The number of sulfonamides is 1. The second-order valence-electron chi connectivity index (χ2n) is 4.27. The average molecular weight is 322 g/mol. The van der Waals surface area contributed by atoms with Gasteiger partial charge in [0.2, 0.25) is 21.3 Å². The van der Waals surface area contributed by atoms with E-state index < -0.39 is 10.0 Å². The standard InChI is InChI=1S/C10H16ClN5O3S/c1-3-19-10-13-8(11)12-9(14-10)15-4-6-16(7-5-15)20(2,17)18/h3-7H2,1-2H3. The number of hydrogen-bond donors (Lipinski definition) is 0. The van der Waals surface area contributed by atoms with Crippen LogP contribution in [0.25, 0.3) is 0 Å². The molecule has 0 amide bonds. The van der Waals surface area contributed by atoms with Gasteiger partial charge in [-0.25, -0.2) is 8.42 Å². The summed E-state index contributed by atoms with van der Waals surface area (Å²) in [5.74, 6) is 0.404. The maximum absolute atomic E-state index is 11.4. The summed E-state index contributed by atoms with van der Waals surface area (Å²) in [5, 5.41) is 0.0593. The van der Waals surface area contributed by atoms with Crippen LogP contribution in [-0.4, -0.2) is 66.7 Å². The maximum Gasteiger partial charge on any atom is 0.322 e. The molecule has 2 heterocycles. The van der Waals surface area contributed by atoms with E-state index in [0.717, 1.165) is 0 Å². The van der Waals surface area contributed by atoms with Crippen molar-refractivity contribution in [3.63, 3.8) is 0 Å². The molecule has 0 aliphatic carbocycles. The fourth-order valence-electron chi connectivity index (χ4n) is 1.88. The topological polar surface area (TPSA) is 88.5 Å². The van der Waals surface area contributed by atoms with Crippen molar-refractivity contribution in [2.45, 2.75) is 6.92 Å². The van der Waals surface area contributed by atoms with Gasteiger partial charge in [0, 0.05) is 26.2 Å². The Morgan fingerprint density at radius 3 is 2.40 bits per heavy atom. The van der Waals surface area contributed by atoms with Crippen LogP contribution in [-0.2, 0) is 10.0 Å². The lowest BCUT2D eigenvalue weighted by Crippen LogP contribution is -2.48. The van der Waals surface area contributed by atoms with Crippen LogP contribution in [0.5, 0.6) is 6.01 Å². The monoisotopic (exact) mass is 321 g/mol. The average Bonchev–Trinajstić information content (AvgIpc) is 2.37. The molecule has 10 heteroatoms. The second-order valence-corrected chi connectivity index (χ2v) is 6.59.